The first-order valence-electron chi connectivity index (χ1n) is 11.5. The maximum atomic E-state index is 13.1. The van der Waals surface area contributed by atoms with E-state index in [4.69, 9.17) is 19.7 Å². The van der Waals surface area contributed by atoms with Crippen molar-refractivity contribution in [1.82, 2.24) is 0 Å². The van der Waals surface area contributed by atoms with Gasteiger partial charge in [0.15, 0.2) is 0 Å². The largest absolute Gasteiger partial charge is 0.491 e. The number of fused-ring (bicyclic) bond motifs is 1. The van der Waals surface area contributed by atoms with Crippen molar-refractivity contribution >= 4 is 28.5 Å². The van der Waals surface area contributed by atoms with Gasteiger partial charge in [0, 0.05) is 16.9 Å². The summed E-state index contributed by atoms with van der Waals surface area (Å²) < 4.78 is 11.5. The SMILES string of the molecule is CC(C)(CC/C=C/C(=O)O)[C@H](OC(=O)Nc1cccc2ccccc12)c1cccc(OCCO)c1. The number of benzene rings is 3. The van der Waals surface area contributed by atoms with Crippen molar-refractivity contribution in [1.29, 1.82) is 0 Å². The average Bonchev–Trinajstić information content (AvgIpc) is 2.84. The van der Waals surface area contributed by atoms with Crippen LogP contribution in [0.1, 0.15) is 38.4 Å². The zero-order valence-electron chi connectivity index (χ0n) is 19.9. The number of carboxylic acid groups (broad SMARTS) is 1. The molecule has 7 nitrogen and oxygen atoms in total. The first-order chi connectivity index (χ1) is 16.8. The van der Waals surface area contributed by atoms with Crippen molar-refractivity contribution < 1.29 is 29.3 Å². The summed E-state index contributed by atoms with van der Waals surface area (Å²) in [7, 11) is 0. The Morgan fingerprint density at radius 1 is 1.06 bits per heavy atom. The molecular weight excluding hydrogens is 446 g/mol. The van der Waals surface area contributed by atoms with E-state index in [2.05, 4.69) is 5.32 Å². The number of aliphatic hydroxyl groups excluding tert-OH is 1. The fraction of sp³-hybridized carbons (Fsp3) is 0.286. The Hall–Kier alpha value is -3.84. The van der Waals surface area contributed by atoms with E-state index < -0.39 is 23.6 Å². The van der Waals surface area contributed by atoms with E-state index in [1.807, 2.05) is 62.4 Å². The molecule has 0 saturated carbocycles. The van der Waals surface area contributed by atoms with Crippen LogP contribution in [0.5, 0.6) is 5.75 Å². The highest BCUT2D eigenvalue weighted by Gasteiger charge is 2.34. The Bertz CT molecular complexity index is 1180. The van der Waals surface area contributed by atoms with Crippen molar-refractivity contribution in [3.05, 3.63) is 84.4 Å². The molecule has 0 aliphatic rings. The summed E-state index contributed by atoms with van der Waals surface area (Å²) in [4.78, 5) is 23.9. The number of carbonyl (C=O) groups excluding carboxylic acids is 1. The summed E-state index contributed by atoms with van der Waals surface area (Å²) in [6.45, 7) is 3.98. The summed E-state index contributed by atoms with van der Waals surface area (Å²) in [6.07, 6.45) is 2.55. The Balaban J connectivity index is 1.85. The molecule has 0 heterocycles. The molecule has 0 saturated heterocycles. The number of aliphatic hydroxyl groups is 1. The Labute approximate surface area is 205 Å². The summed E-state index contributed by atoms with van der Waals surface area (Å²) in [5, 5.41) is 22.7. The minimum atomic E-state index is -1.00. The lowest BCUT2D eigenvalue weighted by Crippen LogP contribution is -2.29. The van der Waals surface area contributed by atoms with Crippen LogP contribution in [0.4, 0.5) is 10.5 Å². The Morgan fingerprint density at radius 2 is 1.80 bits per heavy atom. The van der Waals surface area contributed by atoms with E-state index in [1.54, 1.807) is 24.3 Å². The Kier molecular flexibility index (Phi) is 8.86. The van der Waals surface area contributed by atoms with Gasteiger partial charge in [-0.1, -0.05) is 68.5 Å². The molecule has 0 aliphatic carbocycles. The molecule has 0 unspecified atom stereocenters. The van der Waals surface area contributed by atoms with Gasteiger partial charge in [0.25, 0.3) is 0 Å². The third-order valence-corrected chi connectivity index (χ3v) is 5.70. The molecule has 3 aromatic carbocycles. The monoisotopic (exact) mass is 477 g/mol. The molecule has 3 aromatic rings. The molecule has 35 heavy (non-hydrogen) atoms. The molecule has 0 spiro atoms. The van der Waals surface area contributed by atoms with Gasteiger partial charge in [0.05, 0.1) is 12.3 Å². The number of hydrogen-bond acceptors (Lipinski definition) is 5. The quantitative estimate of drug-likeness (QED) is 0.295. The standard InChI is InChI=1S/C28H31NO6/c1-28(2,16-6-5-15-25(31)32)26(21-11-7-12-22(19-21)34-18-17-30)35-27(33)29-24-14-8-10-20-9-3-4-13-23(20)24/h3-5,7-15,19,26,30H,6,16-18H2,1-2H3,(H,29,33)(H,31,32)/b15-5+/t26-/m1/s1. The van der Waals surface area contributed by atoms with Crippen LogP contribution in [0.15, 0.2) is 78.9 Å². The molecular formula is C28H31NO6. The van der Waals surface area contributed by atoms with Crippen LogP contribution in [0, 0.1) is 5.41 Å². The van der Waals surface area contributed by atoms with Crippen LogP contribution in [-0.4, -0.2) is 35.5 Å². The number of hydrogen-bond donors (Lipinski definition) is 3. The van der Waals surface area contributed by atoms with E-state index in [-0.39, 0.29) is 13.2 Å². The fourth-order valence-electron chi connectivity index (χ4n) is 3.96. The first-order valence-corrected chi connectivity index (χ1v) is 11.5. The van der Waals surface area contributed by atoms with Gasteiger partial charge in [0.1, 0.15) is 18.5 Å². The minimum absolute atomic E-state index is 0.112. The average molecular weight is 478 g/mol. The van der Waals surface area contributed by atoms with E-state index in [0.29, 0.717) is 24.3 Å². The van der Waals surface area contributed by atoms with Gasteiger partial charge in [-0.15, -0.1) is 0 Å². The van der Waals surface area contributed by atoms with Crippen LogP contribution < -0.4 is 10.1 Å². The van der Waals surface area contributed by atoms with Crippen LogP contribution >= 0.6 is 0 Å². The summed E-state index contributed by atoms with van der Waals surface area (Å²) in [5.74, 6) is -0.444. The third-order valence-electron chi connectivity index (χ3n) is 5.70. The molecule has 0 aliphatic heterocycles. The van der Waals surface area contributed by atoms with Crippen molar-refractivity contribution in [2.24, 2.45) is 5.41 Å². The Morgan fingerprint density at radius 3 is 2.57 bits per heavy atom. The summed E-state index contributed by atoms with van der Waals surface area (Å²) in [5.41, 5.74) is 0.851. The summed E-state index contributed by atoms with van der Waals surface area (Å²) >= 11 is 0. The zero-order chi connectivity index (χ0) is 25.3. The van der Waals surface area contributed by atoms with Gasteiger partial charge in [0.2, 0.25) is 0 Å². The molecule has 0 bridgehead atoms. The second kappa shape index (κ2) is 12.0. The maximum Gasteiger partial charge on any atom is 0.412 e. The molecule has 3 N–H and O–H groups in total. The molecule has 1 amide bonds. The molecule has 0 fully saturated rings. The van der Waals surface area contributed by atoms with Crippen LogP contribution in [0.25, 0.3) is 10.8 Å². The predicted octanol–water partition coefficient (Wildman–Crippen LogP) is 5.95. The highest BCUT2D eigenvalue weighted by Crippen LogP contribution is 2.41. The lowest BCUT2D eigenvalue weighted by atomic mass is 9.78. The van der Waals surface area contributed by atoms with Gasteiger partial charge in [-0.2, -0.15) is 0 Å². The first kappa shape index (κ1) is 25.8. The molecule has 3 rings (SSSR count). The van der Waals surface area contributed by atoms with Gasteiger partial charge >= 0.3 is 12.1 Å². The lowest BCUT2D eigenvalue weighted by Gasteiger charge is -2.34. The van der Waals surface area contributed by atoms with E-state index in [0.717, 1.165) is 22.4 Å². The number of ether oxygens (including phenoxy) is 2. The van der Waals surface area contributed by atoms with Crippen molar-refractivity contribution in [2.75, 3.05) is 18.5 Å². The lowest BCUT2D eigenvalue weighted by molar-refractivity contribution is -0.131. The molecule has 1 atom stereocenters. The molecule has 7 heteroatoms. The minimum Gasteiger partial charge on any atom is -0.491 e. The van der Waals surface area contributed by atoms with E-state index >= 15 is 0 Å². The van der Waals surface area contributed by atoms with Gasteiger partial charge in [-0.25, -0.2) is 9.59 Å². The second-order valence-corrected chi connectivity index (χ2v) is 8.85. The number of allylic oxidation sites excluding steroid dienone is 1. The van der Waals surface area contributed by atoms with E-state index in [9.17, 15) is 9.59 Å². The topological polar surface area (TPSA) is 105 Å². The number of anilines is 1. The van der Waals surface area contributed by atoms with Gasteiger partial charge in [-0.3, -0.25) is 5.32 Å². The van der Waals surface area contributed by atoms with Crippen LogP contribution in [0.3, 0.4) is 0 Å². The van der Waals surface area contributed by atoms with Crippen LogP contribution in [0.2, 0.25) is 0 Å². The molecule has 184 valence electrons. The fourth-order valence-corrected chi connectivity index (χ4v) is 3.96. The molecule has 0 radical (unpaired) electrons. The van der Waals surface area contributed by atoms with Gasteiger partial charge in [-0.05, 0) is 42.0 Å². The maximum absolute atomic E-state index is 13.1. The second-order valence-electron chi connectivity index (χ2n) is 8.85. The number of rotatable bonds is 11. The number of carbonyl (C=O) groups is 2. The third kappa shape index (κ3) is 7.32. The number of carboxylic acids is 1. The number of amides is 1. The number of aliphatic carboxylic acids is 1. The smallest absolute Gasteiger partial charge is 0.412 e. The van der Waals surface area contributed by atoms with Gasteiger partial charge < -0.3 is 19.7 Å². The zero-order valence-corrected chi connectivity index (χ0v) is 19.9. The van der Waals surface area contributed by atoms with E-state index in [1.165, 1.54) is 0 Å². The molecule has 0 aromatic heterocycles. The van der Waals surface area contributed by atoms with Crippen molar-refractivity contribution in [2.45, 2.75) is 32.8 Å². The van der Waals surface area contributed by atoms with Crippen molar-refractivity contribution in [3.63, 3.8) is 0 Å². The van der Waals surface area contributed by atoms with Crippen molar-refractivity contribution in [3.8, 4) is 5.75 Å². The summed E-state index contributed by atoms with van der Waals surface area (Å²) in [6, 6.07) is 20.7. The highest BCUT2D eigenvalue weighted by molar-refractivity contribution is 6.00. The van der Waals surface area contributed by atoms with Crippen LogP contribution in [-0.2, 0) is 9.53 Å². The highest BCUT2D eigenvalue weighted by atomic mass is 16.6. The number of nitrogens with one attached hydrogen (secondary N) is 1. The normalized spacial score (nSPS) is 12.4. The predicted molar refractivity (Wildman–Crippen MR) is 136 cm³/mol.